The zero-order valence-corrected chi connectivity index (χ0v) is 18.7. The summed E-state index contributed by atoms with van der Waals surface area (Å²) in [4.78, 5) is 43.4. The van der Waals surface area contributed by atoms with Gasteiger partial charge in [-0.05, 0) is 37.1 Å². The Bertz CT molecular complexity index is 1100. The maximum atomic E-state index is 13.9. The molecule has 168 valence electrons. The Morgan fingerprint density at radius 2 is 1.81 bits per heavy atom. The Balaban J connectivity index is 1.82. The average molecular weight is 437 g/mol. The molecule has 8 heteroatoms. The van der Waals surface area contributed by atoms with E-state index in [1.807, 2.05) is 13.8 Å². The van der Waals surface area contributed by atoms with Crippen LogP contribution in [0.25, 0.3) is 0 Å². The maximum Gasteiger partial charge on any atom is 0.271 e. The van der Waals surface area contributed by atoms with Gasteiger partial charge in [-0.3, -0.25) is 19.3 Å². The molecule has 0 radical (unpaired) electrons. The van der Waals surface area contributed by atoms with E-state index in [-0.39, 0.29) is 24.7 Å². The second kappa shape index (κ2) is 8.18. The average Bonchev–Trinajstić information content (AvgIpc) is 3.15. The fourth-order valence-corrected chi connectivity index (χ4v) is 4.65. The number of amides is 3. The molecule has 0 aromatic heterocycles. The van der Waals surface area contributed by atoms with Crippen LogP contribution in [0.5, 0.6) is 11.5 Å². The van der Waals surface area contributed by atoms with Crippen LogP contribution < -0.4 is 19.7 Å². The second-order valence-electron chi connectivity index (χ2n) is 8.00. The number of benzene rings is 2. The summed E-state index contributed by atoms with van der Waals surface area (Å²) in [6, 6.07) is 10.4. The van der Waals surface area contributed by atoms with Gasteiger partial charge >= 0.3 is 0 Å². The molecule has 1 atom stereocenters. The predicted octanol–water partition coefficient (Wildman–Crippen LogP) is 3.34. The molecule has 3 amide bonds. The highest BCUT2D eigenvalue weighted by Gasteiger charge is 2.60. The highest BCUT2D eigenvalue weighted by molar-refractivity contribution is 6.18. The molecule has 2 heterocycles. The van der Waals surface area contributed by atoms with Crippen LogP contribution in [0.1, 0.15) is 42.1 Å². The Labute approximate surface area is 187 Å². The van der Waals surface area contributed by atoms with Crippen LogP contribution in [0, 0.1) is 6.92 Å². The van der Waals surface area contributed by atoms with E-state index in [0.29, 0.717) is 41.4 Å². The molecule has 1 N–H and O–H groups in total. The third-order valence-electron chi connectivity index (χ3n) is 6.16. The minimum absolute atomic E-state index is 0.176. The second-order valence-corrected chi connectivity index (χ2v) is 8.00. The summed E-state index contributed by atoms with van der Waals surface area (Å²) in [6.45, 7) is 4.15. The van der Waals surface area contributed by atoms with E-state index >= 15 is 0 Å². The van der Waals surface area contributed by atoms with E-state index in [2.05, 4.69) is 5.32 Å². The van der Waals surface area contributed by atoms with Crippen LogP contribution in [0.4, 0.5) is 11.4 Å². The SMILES string of the molecule is CCCN1C(=O)c2ccccc2N2C(=O)CC[C@]12C(=O)Nc1cc(OC)c(OC)cc1C. The minimum Gasteiger partial charge on any atom is -0.493 e. The Hall–Kier alpha value is -3.55. The van der Waals surface area contributed by atoms with Gasteiger partial charge in [0.2, 0.25) is 11.6 Å². The van der Waals surface area contributed by atoms with Crippen molar-refractivity contribution in [3.8, 4) is 11.5 Å². The molecule has 2 aliphatic heterocycles. The van der Waals surface area contributed by atoms with Crippen LogP contribution in [-0.2, 0) is 9.59 Å². The van der Waals surface area contributed by atoms with Gasteiger partial charge in [-0.2, -0.15) is 0 Å². The molecule has 32 heavy (non-hydrogen) atoms. The molecule has 0 unspecified atom stereocenters. The number of fused-ring (bicyclic) bond motifs is 3. The Morgan fingerprint density at radius 1 is 1.12 bits per heavy atom. The molecule has 1 fully saturated rings. The van der Waals surface area contributed by atoms with E-state index in [4.69, 9.17) is 9.47 Å². The van der Waals surface area contributed by atoms with Gasteiger partial charge in [-0.1, -0.05) is 19.1 Å². The van der Waals surface area contributed by atoms with Gasteiger partial charge in [0.15, 0.2) is 11.5 Å². The van der Waals surface area contributed by atoms with Crippen molar-refractivity contribution in [2.45, 2.75) is 38.8 Å². The fraction of sp³-hybridized carbons (Fsp3) is 0.375. The number of para-hydroxylation sites is 1. The van der Waals surface area contributed by atoms with Crippen LogP contribution in [0.2, 0.25) is 0 Å². The number of nitrogens with one attached hydrogen (secondary N) is 1. The quantitative estimate of drug-likeness (QED) is 0.749. The van der Waals surface area contributed by atoms with E-state index in [9.17, 15) is 14.4 Å². The fourth-order valence-electron chi connectivity index (χ4n) is 4.65. The lowest BCUT2D eigenvalue weighted by atomic mass is 9.95. The van der Waals surface area contributed by atoms with Crippen LogP contribution >= 0.6 is 0 Å². The van der Waals surface area contributed by atoms with Crippen molar-refractivity contribution in [1.82, 2.24) is 4.90 Å². The number of nitrogens with zero attached hydrogens (tertiary/aromatic N) is 2. The highest BCUT2D eigenvalue weighted by Crippen LogP contribution is 2.45. The van der Waals surface area contributed by atoms with E-state index < -0.39 is 11.6 Å². The Morgan fingerprint density at radius 3 is 2.50 bits per heavy atom. The zero-order valence-electron chi connectivity index (χ0n) is 18.7. The summed E-state index contributed by atoms with van der Waals surface area (Å²) in [7, 11) is 3.07. The van der Waals surface area contributed by atoms with Crippen molar-refractivity contribution in [2.24, 2.45) is 0 Å². The van der Waals surface area contributed by atoms with Crippen molar-refractivity contribution in [3.05, 3.63) is 47.5 Å². The third-order valence-corrected chi connectivity index (χ3v) is 6.16. The number of anilines is 2. The third kappa shape index (κ3) is 3.09. The minimum atomic E-state index is -1.42. The first-order chi connectivity index (χ1) is 15.4. The molecule has 1 saturated heterocycles. The van der Waals surface area contributed by atoms with Crippen molar-refractivity contribution >= 4 is 29.1 Å². The van der Waals surface area contributed by atoms with E-state index in [0.717, 1.165) is 5.56 Å². The molecule has 4 rings (SSSR count). The lowest BCUT2D eigenvalue weighted by Gasteiger charge is -2.49. The van der Waals surface area contributed by atoms with Crippen molar-refractivity contribution in [3.63, 3.8) is 0 Å². The summed E-state index contributed by atoms with van der Waals surface area (Å²) < 4.78 is 10.7. The van der Waals surface area contributed by atoms with E-state index in [1.54, 1.807) is 48.4 Å². The van der Waals surface area contributed by atoms with E-state index in [1.165, 1.54) is 12.0 Å². The van der Waals surface area contributed by atoms with Gasteiger partial charge in [0.05, 0.1) is 25.5 Å². The lowest BCUT2D eigenvalue weighted by molar-refractivity contribution is -0.128. The molecule has 2 aromatic rings. The number of methoxy groups -OCH3 is 2. The predicted molar refractivity (Wildman–Crippen MR) is 120 cm³/mol. The van der Waals surface area contributed by atoms with Gasteiger partial charge in [0.25, 0.3) is 11.8 Å². The maximum absolute atomic E-state index is 13.9. The van der Waals surface area contributed by atoms with Gasteiger partial charge in [-0.15, -0.1) is 0 Å². The topological polar surface area (TPSA) is 88.2 Å². The molecule has 2 aliphatic rings. The summed E-state index contributed by atoms with van der Waals surface area (Å²) in [6.07, 6.45) is 1.06. The van der Waals surface area contributed by atoms with Crippen molar-refractivity contribution in [1.29, 1.82) is 0 Å². The lowest BCUT2D eigenvalue weighted by Crippen LogP contribution is -2.69. The highest BCUT2D eigenvalue weighted by atomic mass is 16.5. The molecule has 2 aromatic carbocycles. The number of ether oxygens (including phenoxy) is 2. The standard InChI is InChI=1S/C24H27N3O5/c1-5-12-26-22(29)16-8-6-7-9-18(16)27-21(28)10-11-24(26,27)23(30)25-17-14-20(32-4)19(31-3)13-15(17)2/h6-9,13-14H,5,10-12H2,1-4H3,(H,25,30)/t24-/m0/s1. The number of rotatable bonds is 6. The van der Waals surface area contributed by atoms with Crippen LogP contribution in [0.15, 0.2) is 36.4 Å². The largest absolute Gasteiger partial charge is 0.493 e. The monoisotopic (exact) mass is 437 g/mol. The van der Waals surface area contributed by atoms with Gasteiger partial charge < -0.3 is 19.7 Å². The summed E-state index contributed by atoms with van der Waals surface area (Å²) in [5.74, 6) is 0.182. The number of hydrogen-bond donors (Lipinski definition) is 1. The molecule has 0 spiro atoms. The van der Waals surface area contributed by atoms with Crippen molar-refractivity contribution in [2.75, 3.05) is 31.0 Å². The first kappa shape index (κ1) is 21.7. The Kier molecular flexibility index (Phi) is 5.54. The smallest absolute Gasteiger partial charge is 0.271 e. The van der Waals surface area contributed by atoms with Crippen molar-refractivity contribution < 1.29 is 23.9 Å². The summed E-state index contributed by atoms with van der Waals surface area (Å²) in [5.41, 5.74) is 0.795. The first-order valence-corrected chi connectivity index (χ1v) is 10.7. The number of hydrogen-bond acceptors (Lipinski definition) is 5. The molecule has 8 nitrogen and oxygen atoms in total. The number of carbonyl (C=O) groups is 3. The van der Waals surface area contributed by atoms with Crippen LogP contribution in [-0.4, -0.2) is 49.0 Å². The van der Waals surface area contributed by atoms with Gasteiger partial charge in [0.1, 0.15) is 0 Å². The van der Waals surface area contributed by atoms with Gasteiger partial charge in [-0.25, -0.2) is 0 Å². The summed E-state index contributed by atoms with van der Waals surface area (Å²) in [5, 5.41) is 2.97. The summed E-state index contributed by atoms with van der Waals surface area (Å²) >= 11 is 0. The van der Waals surface area contributed by atoms with Crippen LogP contribution in [0.3, 0.4) is 0 Å². The molecule has 0 aliphatic carbocycles. The van der Waals surface area contributed by atoms with Gasteiger partial charge in [0, 0.05) is 31.1 Å². The molecule has 0 bridgehead atoms. The number of carbonyl (C=O) groups excluding carboxylic acids is 3. The molecular formula is C24H27N3O5. The molecular weight excluding hydrogens is 410 g/mol. The number of aryl methyl sites for hydroxylation is 1. The first-order valence-electron chi connectivity index (χ1n) is 10.7. The molecule has 0 saturated carbocycles. The zero-order chi connectivity index (χ0) is 23.0. The normalized spacial score (nSPS) is 19.5.